The normalized spacial score (nSPS) is 13.9. The van der Waals surface area contributed by atoms with Crippen LogP contribution in [-0.4, -0.2) is 29.8 Å². The molecule has 0 saturated carbocycles. The van der Waals surface area contributed by atoms with Gasteiger partial charge in [0.15, 0.2) is 0 Å². The fraction of sp³-hybridized carbons (Fsp3) is 0.941. The van der Waals surface area contributed by atoms with Crippen LogP contribution in [0, 0.1) is 0 Å². The van der Waals surface area contributed by atoms with E-state index in [1.54, 1.807) is 11.8 Å². The molecule has 0 N–H and O–H groups in total. The van der Waals surface area contributed by atoms with Crippen LogP contribution < -0.4 is 0 Å². The van der Waals surface area contributed by atoms with Gasteiger partial charge < -0.3 is 4.74 Å². The highest BCUT2D eigenvalue weighted by Gasteiger charge is 2.20. The average Bonchev–Trinajstić information content (AvgIpc) is 2.49. The zero-order valence-corrected chi connectivity index (χ0v) is 14.9. The number of halogens is 1. The van der Waals surface area contributed by atoms with Crippen LogP contribution in [0.15, 0.2) is 0 Å². The van der Waals surface area contributed by atoms with E-state index in [9.17, 15) is 9.18 Å². The Balaban J connectivity index is 4.03. The molecule has 2 unspecified atom stereocenters. The smallest absolute Gasteiger partial charge is 0.319 e. The predicted molar refractivity (Wildman–Crippen MR) is 90.7 cm³/mol. The lowest BCUT2D eigenvalue weighted by Gasteiger charge is -2.16. The average molecular weight is 321 g/mol. The third-order valence-corrected chi connectivity index (χ3v) is 4.85. The predicted octanol–water partition coefficient (Wildman–Crippen LogP) is 5.54. The maximum atomic E-state index is 13.2. The lowest BCUT2D eigenvalue weighted by molar-refractivity contribution is -0.143. The minimum atomic E-state index is -0.694. The molecule has 0 aromatic carbocycles. The molecule has 21 heavy (non-hydrogen) atoms. The number of alkyl halides is 1. The van der Waals surface area contributed by atoms with Gasteiger partial charge in [-0.15, -0.1) is 11.8 Å². The summed E-state index contributed by atoms with van der Waals surface area (Å²) in [5.74, 6) is 0.775. The van der Waals surface area contributed by atoms with Crippen molar-refractivity contribution in [3.63, 3.8) is 0 Å². The largest absolute Gasteiger partial charge is 0.465 e. The molecule has 0 aliphatic heterocycles. The summed E-state index contributed by atoms with van der Waals surface area (Å²) in [4.78, 5) is 12.1. The number of hydrogen-bond donors (Lipinski definition) is 0. The zero-order valence-electron chi connectivity index (χ0n) is 14.0. The highest BCUT2D eigenvalue weighted by molar-refractivity contribution is 8.00. The van der Waals surface area contributed by atoms with Crippen molar-refractivity contribution in [2.24, 2.45) is 0 Å². The van der Waals surface area contributed by atoms with E-state index >= 15 is 0 Å². The SMILES string of the molecule is CCCCCC(SCCCC(F)CC)C(=O)OCCCC. The van der Waals surface area contributed by atoms with E-state index in [0.29, 0.717) is 19.4 Å². The van der Waals surface area contributed by atoms with E-state index in [2.05, 4.69) is 13.8 Å². The molecule has 0 aromatic rings. The monoisotopic (exact) mass is 320 g/mol. The number of ether oxygens (including phenoxy) is 1. The maximum absolute atomic E-state index is 13.2. The van der Waals surface area contributed by atoms with E-state index < -0.39 is 6.17 Å². The molecule has 4 heteroatoms. The molecule has 0 radical (unpaired) electrons. The van der Waals surface area contributed by atoms with Crippen LogP contribution in [0.1, 0.15) is 78.6 Å². The first-order chi connectivity index (χ1) is 10.2. The Bertz CT molecular complexity index is 249. The Kier molecular flexibility index (Phi) is 14.5. The Morgan fingerprint density at radius 3 is 2.38 bits per heavy atom. The first-order valence-corrected chi connectivity index (χ1v) is 9.62. The van der Waals surface area contributed by atoms with Gasteiger partial charge >= 0.3 is 5.97 Å². The summed E-state index contributed by atoms with van der Waals surface area (Å²) in [7, 11) is 0. The molecule has 0 aliphatic rings. The van der Waals surface area contributed by atoms with Gasteiger partial charge in [-0.25, -0.2) is 4.39 Å². The third kappa shape index (κ3) is 12.0. The number of hydrogen-bond acceptors (Lipinski definition) is 3. The first-order valence-electron chi connectivity index (χ1n) is 8.57. The van der Waals surface area contributed by atoms with Crippen LogP contribution in [0.3, 0.4) is 0 Å². The topological polar surface area (TPSA) is 26.3 Å². The third-order valence-electron chi connectivity index (χ3n) is 3.50. The van der Waals surface area contributed by atoms with Crippen molar-refractivity contribution < 1.29 is 13.9 Å². The number of carbonyl (C=O) groups is 1. The van der Waals surface area contributed by atoms with Crippen molar-refractivity contribution in [2.45, 2.75) is 90.0 Å². The van der Waals surface area contributed by atoms with Crippen molar-refractivity contribution in [3.8, 4) is 0 Å². The van der Waals surface area contributed by atoms with Crippen LogP contribution in [0.25, 0.3) is 0 Å². The number of rotatable bonds is 14. The van der Waals surface area contributed by atoms with Crippen LogP contribution in [0.2, 0.25) is 0 Å². The second-order valence-electron chi connectivity index (χ2n) is 5.52. The van der Waals surface area contributed by atoms with Crippen molar-refractivity contribution in [1.82, 2.24) is 0 Å². The lowest BCUT2D eigenvalue weighted by atomic mass is 10.1. The first kappa shape index (κ1) is 20.8. The second-order valence-corrected chi connectivity index (χ2v) is 6.83. The van der Waals surface area contributed by atoms with Gasteiger partial charge in [0.05, 0.1) is 12.8 Å². The standard InChI is InChI=1S/C17H33FO2S/c1-4-7-9-12-16(17(19)20-13-8-5-2)21-14-10-11-15(18)6-3/h15-16H,4-14H2,1-3H3. The van der Waals surface area contributed by atoms with E-state index in [1.807, 2.05) is 6.92 Å². The Hall–Kier alpha value is -0.250. The van der Waals surface area contributed by atoms with Crippen molar-refractivity contribution >= 4 is 17.7 Å². The molecular weight excluding hydrogens is 287 g/mol. The van der Waals surface area contributed by atoms with E-state index in [0.717, 1.165) is 50.7 Å². The van der Waals surface area contributed by atoms with Gasteiger partial charge in [0.1, 0.15) is 5.25 Å². The van der Waals surface area contributed by atoms with Crippen LogP contribution in [0.4, 0.5) is 4.39 Å². The van der Waals surface area contributed by atoms with Gasteiger partial charge in [-0.3, -0.25) is 4.79 Å². The van der Waals surface area contributed by atoms with Crippen LogP contribution in [0.5, 0.6) is 0 Å². The number of esters is 1. The van der Waals surface area contributed by atoms with E-state index in [4.69, 9.17) is 4.74 Å². The van der Waals surface area contributed by atoms with Crippen molar-refractivity contribution in [2.75, 3.05) is 12.4 Å². The highest BCUT2D eigenvalue weighted by Crippen LogP contribution is 2.22. The van der Waals surface area contributed by atoms with Gasteiger partial charge in [-0.05, 0) is 37.9 Å². The van der Waals surface area contributed by atoms with Crippen LogP contribution in [-0.2, 0) is 9.53 Å². The Morgan fingerprint density at radius 2 is 1.76 bits per heavy atom. The second kappa shape index (κ2) is 14.7. The summed E-state index contributed by atoms with van der Waals surface area (Å²) < 4.78 is 18.5. The molecule has 0 spiro atoms. The van der Waals surface area contributed by atoms with E-state index in [-0.39, 0.29) is 11.2 Å². The maximum Gasteiger partial charge on any atom is 0.319 e. The van der Waals surface area contributed by atoms with Crippen molar-refractivity contribution in [3.05, 3.63) is 0 Å². The Morgan fingerprint density at radius 1 is 1.05 bits per heavy atom. The quantitative estimate of drug-likeness (QED) is 0.310. The molecule has 0 fully saturated rings. The summed E-state index contributed by atoms with van der Waals surface area (Å²) in [6.07, 6.45) is 7.57. The fourth-order valence-corrected chi connectivity index (χ4v) is 3.15. The molecule has 0 rings (SSSR count). The molecular formula is C17H33FO2S. The fourth-order valence-electron chi connectivity index (χ4n) is 1.99. The molecule has 0 bridgehead atoms. The molecule has 2 atom stereocenters. The highest BCUT2D eigenvalue weighted by atomic mass is 32.2. The molecule has 2 nitrogen and oxygen atoms in total. The molecule has 0 saturated heterocycles. The zero-order chi connectivity index (χ0) is 15.9. The van der Waals surface area contributed by atoms with Gasteiger partial charge in [0, 0.05) is 0 Å². The number of carbonyl (C=O) groups excluding carboxylic acids is 1. The van der Waals surface area contributed by atoms with Crippen molar-refractivity contribution in [1.29, 1.82) is 0 Å². The molecule has 126 valence electrons. The summed E-state index contributed by atoms with van der Waals surface area (Å²) in [5.41, 5.74) is 0. The molecule has 0 heterocycles. The van der Waals surface area contributed by atoms with E-state index in [1.165, 1.54) is 0 Å². The summed E-state index contributed by atoms with van der Waals surface area (Å²) in [5, 5.41) is -0.0620. The summed E-state index contributed by atoms with van der Waals surface area (Å²) >= 11 is 1.65. The minimum Gasteiger partial charge on any atom is -0.465 e. The number of unbranched alkanes of at least 4 members (excludes halogenated alkanes) is 3. The number of thioether (sulfide) groups is 1. The van der Waals surface area contributed by atoms with Gasteiger partial charge in [-0.2, -0.15) is 0 Å². The molecule has 0 amide bonds. The van der Waals surface area contributed by atoms with Gasteiger partial charge in [0.2, 0.25) is 0 Å². The van der Waals surface area contributed by atoms with Gasteiger partial charge in [0.25, 0.3) is 0 Å². The van der Waals surface area contributed by atoms with Gasteiger partial charge in [-0.1, -0.05) is 46.5 Å². The minimum absolute atomic E-state index is 0.0620. The lowest BCUT2D eigenvalue weighted by Crippen LogP contribution is -2.21. The molecule has 0 aromatic heterocycles. The summed E-state index contributed by atoms with van der Waals surface area (Å²) in [6.45, 7) is 6.65. The Labute approximate surface area is 134 Å². The van der Waals surface area contributed by atoms with Crippen LogP contribution >= 0.6 is 11.8 Å². The molecule has 0 aliphatic carbocycles. The summed E-state index contributed by atoms with van der Waals surface area (Å²) in [6, 6.07) is 0.